The average Bonchev–Trinajstić information content (AvgIpc) is 2.73. The minimum atomic E-state index is -2.27. The molecule has 11 heteroatoms. The van der Waals surface area contributed by atoms with E-state index in [1.165, 1.54) is 48.5 Å². The topological polar surface area (TPSA) is 112 Å². The number of anilines is 1. The van der Waals surface area contributed by atoms with Crippen LogP contribution in [0.5, 0.6) is 5.75 Å². The summed E-state index contributed by atoms with van der Waals surface area (Å²) in [4.78, 5) is 32.0. The molecule has 1 atom stereocenters. The fourth-order valence-electron chi connectivity index (χ4n) is 2.99. The lowest BCUT2D eigenvalue weighted by Gasteiger charge is -2.34. The predicted molar refractivity (Wildman–Crippen MR) is 103 cm³/mol. The second kappa shape index (κ2) is 8.97. The number of amides is 2. The van der Waals surface area contributed by atoms with Crippen LogP contribution in [0.2, 0.25) is 0 Å². The molecule has 1 saturated heterocycles. The second-order valence-electron chi connectivity index (χ2n) is 6.18. The normalized spacial score (nSPS) is 15.0. The molecule has 0 radical (unpaired) electrons. The van der Waals surface area contributed by atoms with Gasteiger partial charge in [-0.05, 0) is 30.3 Å². The molecule has 1 aromatic carbocycles. The van der Waals surface area contributed by atoms with E-state index < -0.39 is 23.0 Å². The van der Waals surface area contributed by atoms with E-state index in [0.717, 1.165) is 0 Å². The van der Waals surface area contributed by atoms with Gasteiger partial charge in [0.25, 0.3) is 23.1 Å². The number of piperazine rings is 1. The second-order valence-corrected chi connectivity index (χ2v) is 6.89. The lowest BCUT2D eigenvalue weighted by Crippen LogP contribution is -2.50. The van der Waals surface area contributed by atoms with Crippen LogP contribution in [0.4, 0.5) is 10.1 Å². The summed E-state index contributed by atoms with van der Waals surface area (Å²) in [5, 5.41) is 0. The highest BCUT2D eigenvalue weighted by Gasteiger charge is 2.27. The molecule has 3 rings (SSSR count). The van der Waals surface area contributed by atoms with Crippen molar-refractivity contribution in [3.63, 3.8) is 0 Å². The first-order chi connectivity index (χ1) is 13.9. The number of aromatic nitrogens is 1. The molecule has 1 aromatic heterocycles. The van der Waals surface area contributed by atoms with E-state index in [4.69, 9.17) is 9.29 Å². The summed E-state index contributed by atoms with van der Waals surface area (Å²) in [6, 6.07) is 7.05. The molecule has 9 nitrogen and oxygen atoms in total. The number of carbonyl (C=O) groups is 2. The van der Waals surface area contributed by atoms with Gasteiger partial charge in [-0.15, -0.1) is 0 Å². The molecule has 1 unspecified atom stereocenters. The van der Waals surface area contributed by atoms with Gasteiger partial charge < -0.3 is 14.5 Å². The molecule has 0 spiro atoms. The van der Waals surface area contributed by atoms with Gasteiger partial charge in [0.1, 0.15) is 5.75 Å². The molecule has 29 heavy (non-hydrogen) atoms. The molecular weight excluding hydrogens is 403 g/mol. The number of hydrogen-bond donors (Lipinski definition) is 2. The highest BCUT2D eigenvalue weighted by molar-refractivity contribution is 7.80. The SMILES string of the molecule is COc1cc(C(=O)N2CCN(C(=O)c3ncccc3F)CC2)ccc1NS(=O)O. The predicted octanol–water partition coefficient (Wildman–Crippen LogP) is 1.38. The third-order valence-corrected chi connectivity index (χ3v) is 4.86. The van der Waals surface area contributed by atoms with Crippen molar-refractivity contribution in [2.24, 2.45) is 0 Å². The third kappa shape index (κ3) is 4.69. The Kier molecular flexibility index (Phi) is 6.39. The standard InChI is InChI=1S/C18H19FN4O5S/c1-28-15-11-12(4-5-14(15)21-29(26)27)17(24)22-7-9-23(10-8-22)18(25)16-13(19)3-2-6-20-16/h2-6,11,21H,7-10H2,1H3,(H,26,27). The van der Waals surface area contributed by atoms with Crippen LogP contribution >= 0.6 is 0 Å². The zero-order valence-corrected chi connectivity index (χ0v) is 16.3. The number of hydrogen-bond acceptors (Lipinski definition) is 5. The first-order valence-corrected chi connectivity index (χ1v) is 9.76. The fourth-order valence-corrected chi connectivity index (χ4v) is 3.35. The van der Waals surface area contributed by atoms with Crippen molar-refractivity contribution in [3.8, 4) is 5.75 Å². The molecule has 1 aliphatic heterocycles. The van der Waals surface area contributed by atoms with E-state index in [9.17, 15) is 18.2 Å². The van der Waals surface area contributed by atoms with Crippen molar-refractivity contribution in [2.75, 3.05) is 38.0 Å². The van der Waals surface area contributed by atoms with Gasteiger partial charge in [0.15, 0.2) is 11.5 Å². The van der Waals surface area contributed by atoms with Crippen molar-refractivity contribution in [1.29, 1.82) is 0 Å². The summed E-state index contributed by atoms with van der Waals surface area (Å²) < 4.78 is 41.1. The van der Waals surface area contributed by atoms with Gasteiger partial charge in [-0.25, -0.2) is 13.6 Å². The first kappa shape index (κ1) is 20.7. The average molecular weight is 422 g/mol. The summed E-state index contributed by atoms with van der Waals surface area (Å²) in [5.41, 5.74) is 0.380. The van der Waals surface area contributed by atoms with Crippen LogP contribution in [0.1, 0.15) is 20.8 Å². The van der Waals surface area contributed by atoms with Crippen LogP contribution in [0.25, 0.3) is 0 Å². The monoisotopic (exact) mass is 422 g/mol. The van der Waals surface area contributed by atoms with Crippen LogP contribution in [0.3, 0.4) is 0 Å². The first-order valence-electron chi connectivity index (χ1n) is 8.65. The zero-order chi connectivity index (χ0) is 21.0. The highest BCUT2D eigenvalue weighted by atomic mass is 32.2. The zero-order valence-electron chi connectivity index (χ0n) is 15.5. The Morgan fingerprint density at radius 2 is 1.83 bits per heavy atom. The van der Waals surface area contributed by atoms with E-state index in [2.05, 4.69) is 9.71 Å². The third-order valence-electron chi connectivity index (χ3n) is 4.46. The Morgan fingerprint density at radius 1 is 1.17 bits per heavy atom. The highest BCUT2D eigenvalue weighted by Crippen LogP contribution is 2.26. The van der Waals surface area contributed by atoms with Crippen LogP contribution in [-0.4, -0.2) is 68.6 Å². The Morgan fingerprint density at radius 3 is 2.41 bits per heavy atom. The maximum atomic E-state index is 13.8. The maximum absolute atomic E-state index is 13.8. The van der Waals surface area contributed by atoms with Gasteiger partial charge in [-0.2, -0.15) is 0 Å². The Bertz CT molecular complexity index is 950. The quantitative estimate of drug-likeness (QED) is 0.704. The molecule has 2 heterocycles. The maximum Gasteiger partial charge on any atom is 0.275 e. The Labute approximate surface area is 168 Å². The minimum absolute atomic E-state index is 0.235. The number of ether oxygens (including phenoxy) is 1. The number of methoxy groups -OCH3 is 1. The smallest absolute Gasteiger partial charge is 0.275 e. The van der Waals surface area contributed by atoms with Crippen LogP contribution < -0.4 is 9.46 Å². The van der Waals surface area contributed by atoms with Gasteiger partial charge >= 0.3 is 0 Å². The van der Waals surface area contributed by atoms with Gasteiger partial charge in [0, 0.05) is 37.9 Å². The van der Waals surface area contributed by atoms with Crippen molar-refractivity contribution < 1.29 is 27.5 Å². The number of benzene rings is 1. The van der Waals surface area contributed by atoms with Gasteiger partial charge in [0.2, 0.25) is 0 Å². The number of carbonyl (C=O) groups excluding carboxylic acids is 2. The number of pyridine rings is 1. The van der Waals surface area contributed by atoms with Crippen LogP contribution in [0.15, 0.2) is 36.5 Å². The van der Waals surface area contributed by atoms with Crippen LogP contribution in [-0.2, 0) is 11.3 Å². The van der Waals surface area contributed by atoms with Gasteiger partial charge in [-0.3, -0.25) is 18.9 Å². The summed E-state index contributed by atoms with van der Waals surface area (Å²) in [6.45, 7) is 1.06. The van der Waals surface area contributed by atoms with Gasteiger partial charge in [0.05, 0.1) is 12.8 Å². The number of rotatable bonds is 5. The Balaban J connectivity index is 1.66. The van der Waals surface area contributed by atoms with E-state index >= 15 is 0 Å². The molecule has 0 aliphatic carbocycles. The molecule has 0 bridgehead atoms. The van der Waals surface area contributed by atoms with Crippen molar-refractivity contribution in [1.82, 2.24) is 14.8 Å². The molecular formula is C18H19FN4O5S. The molecule has 154 valence electrons. The molecule has 0 saturated carbocycles. The number of halogens is 1. The molecule has 2 aromatic rings. The van der Waals surface area contributed by atoms with E-state index in [1.54, 1.807) is 4.90 Å². The van der Waals surface area contributed by atoms with Crippen molar-refractivity contribution in [3.05, 3.63) is 53.6 Å². The van der Waals surface area contributed by atoms with E-state index in [1.807, 2.05) is 0 Å². The van der Waals surface area contributed by atoms with Crippen LogP contribution in [0, 0.1) is 5.82 Å². The van der Waals surface area contributed by atoms with E-state index in [-0.39, 0.29) is 49.2 Å². The molecule has 1 aliphatic rings. The summed E-state index contributed by atoms with van der Waals surface area (Å²) in [7, 11) is 1.39. The fraction of sp³-hybridized carbons (Fsp3) is 0.278. The number of nitrogens with one attached hydrogen (secondary N) is 1. The minimum Gasteiger partial charge on any atom is -0.495 e. The molecule has 1 fully saturated rings. The lowest BCUT2D eigenvalue weighted by atomic mass is 10.1. The van der Waals surface area contributed by atoms with Crippen molar-refractivity contribution >= 4 is 28.8 Å². The molecule has 2 amide bonds. The van der Waals surface area contributed by atoms with Gasteiger partial charge in [-0.1, -0.05) is 0 Å². The summed E-state index contributed by atoms with van der Waals surface area (Å²) in [5.74, 6) is -1.21. The Hall–Kier alpha value is -3.05. The molecule has 2 N–H and O–H groups in total. The largest absolute Gasteiger partial charge is 0.495 e. The lowest BCUT2D eigenvalue weighted by molar-refractivity contribution is 0.0529. The summed E-state index contributed by atoms with van der Waals surface area (Å²) >= 11 is -2.27. The summed E-state index contributed by atoms with van der Waals surface area (Å²) in [6.07, 6.45) is 1.36. The van der Waals surface area contributed by atoms with Crippen molar-refractivity contribution in [2.45, 2.75) is 0 Å². The number of nitrogens with zero attached hydrogens (tertiary/aromatic N) is 3. The van der Waals surface area contributed by atoms with E-state index in [0.29, 0.717) is 5.56 Å².